The first-order chi connectivity index (χ1) is 12.6. The average molecular weight is 391 g/mol. The van der Waals surface area contributed by atoms with Gasteiger partial charge in [0.2, 0.25) is 0 Å². The summed E-state index contributed by atoms with van der Waals surface area (Å²) in [6.45, 7) is 2.39. The Morgan fingerprint density at radius 1 is 1.19 bits per heavy atom. The quantitative estimate of drug-likeness (QED) is 0.738. The smallest absolute Gasteiger partial charge is 0.255 e. The van der Waals surface area contributed by atoms with Gasteiger partial charge in [0.05, 0.1) is 21.2 Å². The van der Waals surface area contributed by atoms with Crippen molar-refractivity contribution in [3.63, 3.8) is 0 Å². The van der Waals surface area contributed by atoms with Gasteiger partial charge in [0.25, 0.3) is 5.91 Å². The highest BCUT2D eigenvalue weighted by Crippen LogP contribution is 2.26. The number of rotatable bonds is 3. The molecule has 1 fully saturated rings. The van der Waals surface area contributed by atoms with Crippen LogP contribution in [0.3, 0.4) is 0 Å². The van der Waals surface area contributed by atoms with E-state index in [9.17, 15) is 9.18 Å². The summed E-state index contributed by atoms with van der Waals surface area (Å²) in [6, 6.07) is 9.92. The number of aromatic amines is 1. The van der Waals surface area contributed by atoms with Crippen LogP contribution < -0.4 is 4.90 Å². The number of benzene rings is 1. The van der Waals surface area contributed by atoms with Crippen LogP contribution in [0.1, 0.15) is 10.4 Å². The van der Waals surface area contributed by atoms with E-state index in [0.29, 0.717) is 26.2 Å². The Hall–Kier alpha value is -2.38. The Morgan fingerprint density at radius 2 is 2.00 bits per heavy atom. The lowest BCUT2D eigenvalue weighted by Gasteiger charge is -2.35. The topological polar surface area (TPSA) is 52.2 Å². The maximum atomic E-state index is 13.4. The van der Waals surface area contributed by atoms with Crippen LogP contribution >= 0.6 is 22.9 Å². The van der Waals surface area contributed by atoms with Gasteiger partial charge in [-0.05, 0) is 29.6 Å². The minimum Gasteiger partial charge on any atom is -0.352 e. The Kier molecular flexibility index (Phi) is 4.65. The molecule has 3 heterocycles. The number of halogens is 2. The molecule has 1 aliphatic heterocycles. The molecule has 0 saturated carbocycles. The number of carbonyl (C=O) groups excluding carboxylic acids is 1. The van der Waals surface area contributed by atoms with Gasteiger partial charge in [-0.15, -0.1) is 11.3 Å². The molecule has 8 heteroatoms. The average Bonchev–Trinajstić information content (AvgIpc) is 3.35. The van der Waals surface area contributed by atoms with Crippen molar-refractivity contribution in [3.05, 3.63) is 58.2 Å². The monoisotopic (exact) mass is 390 g/mol. The summed E-state index contributed by atoms with van der Waals surface area (Å²) < 4.78 is 13.4. The lowest BCUT2D eigenvalue weighted by molar-refractivity contribution is 0.0746. The van der Waals surface area contributed by atoms with Crippen molar-refractivity contribution in [1.82, 2.24) is 15.1 Å². The van der Waals surface area contributed by atoms with Crippen molar-refractivity contribution in [2.45, 2.75) is 0 Å². The van der Waals surface area contributed by atoms with Gasteiger partial charge >= 0.3 is 0 Å². The SMILES string of the molecule is O=C(c1cc(F)ccc1Cl)N1CCN(c2cc(-c3cccs3)[nH]n2)CC1. The van der Waals surface area contributed by atoms with E-state index >= 15 is 0 Å². The van der Waals surface area contributed by atoms with E-state index < -0.39 is 5.82 Å². The van der Waals surface area contributed by atoms with Crippen molar-refractivity contribution in [2.24, 2.45) is 0 Å². The summed E-state index contributed by atoms with van der Waals surface area (Å²) in [5, 5.41) is 9.74. The van der Waals surface area contributed by atoms with E-state index in [4.69, 9.17) is 11.6 Å². The van der Waals surface area contributed by atoms with Crippen molar-refractivity contribution in [3.8, 4) is 10.6 Å². The second-order valence-electron chi connectivity index (χ2n) is 6.02. The lowest BCUT2D eigenvalue weighted by Crippen LogP contribution is -2.49. The van der Waals surface area contributed by atoms with E-state index in [0.717, 1.165) is 16.4 Å². The number of hydrogen-bond donors (Lipinski definition) is 1. The highest BCUT2D eigenvalue weighted by Gasteiger charge is 2.25. The van der Waals surface area contributed by atoms with Gasteiger partial charge < -0.3 is 9.80 Å². The van der Waals surface area contributed by atoms with Gasteiger partial charge in [-0.25, -0.2) is 4.39 Å². The maximum absolute atomic E-state index is 13.4. The van der Waals surface area contributed by atoms with Gasteiger partial charge in [0.15, 0.2) is 5.82 Å². The summed E-state index contributed by atoms with van der Waals surface area (Å²) in [5.41, 5.74) is 1.19. The molecule has 5 nitrogen and oxygen atoms in total. The number of hydrogen-bond acceptors (Lipinski definition) is 4. The molecule has 1 aliphatic rings. The van der Waals surface area contributed by atoms with Crippen molar-refractivity contribution < 1.29 is 9.18 Å². The lowest BCUT2D eigenvalue weighted by atomic mass is 10.1. The molecule has 1 N–H and O–H groups in total. The van der Waals surface area contributed by atoms with E-state index in [1.807, 2.05) is 23.6 Å². The van der Waals surface area contributed by atoms with Crippen molar-refractivity contribution in [1.29, 1.82) is 0 Å². The normalized spacial score (nSPS) is 14.7. The van der Waals surface area contributed by atoms with Gasteiger partial charge in [0, 0.05) is 32.2 Å². The number of aromatic nitrogens is 2. The Bertz CT molecular complexity index is 919. The maximum Gasteiger partial charge on any atom is 0.255 e. The molecule has 26 heavy (non-hydrogen) atoms. The first-order valence-corrected chi connectivity index (χ1v) is 9.46. The Balaban J connectivity index is 1.43. The third-order valence-corrected chi connectivity index (χ3v) is 5.63. The fraction of sp³-hybridized carbons (Fsp3) is 0.222. The first kappa shape index (κ1) is 17.1. The van der Waals surface area contributed by atoms with Crippen LogP contribution in [0, 0.1) is 5.82 Å². The molecule has 1 saturated heterocycles. The molecular weight excluding hydrogens is 375 g/mol. The van der Waals surface area contributed by atoms with Crippen LogP contribution in [-0.2, 0) is 0 Å². The van der Waals surface area contributed by atoms with Crippen LogP contribution in [0.5, 0.6) is 0 Å². The number of piperazine rings is 1. The van der Waals surface area contributed by atoms with Crippen LogP contribution in [0.4, 0.5) is 10.2 Å². The van der Waals surface area contributed by atoms with E-state index in [-0.39, 0.29) is 16.5 Å². The number of amides is 1. The fourth-order valence-corrected chi connectivity index (χ4v) is 3.89. The van der Waals surface area contributed by atoms with Gasteiger partial charge in [0.1, 0.15) is 5.82 Å². The molecule has 134 valence electrons. The van der Waals surface area contributed by atoms with E-state index in [1.165, 1.54) is 18.2 Å². The molecule has 0 atom stereocenters. The summed E-state index contributed by atoms with van der Waals surface area (Å²) in [5.74, 6) is 0.161. The van der Waals surface area contributed by atoms with E-state index in [1.54, 1.807) is 16.2 Å². The van der Waals surface area contributed by atoms with Crippen LogP contribution in [0.25, 0.3) is 10.6 Å². The summed E-state index contributed by atoms with van der Waals surface area (Å²) >= 11 is 7.70. The molecule has 2 aromatic heterocycles. The van der Waals surface area contributed by atoms with Crippen molar-refractivity contribution >= 4 is 34.7 Å². The van der Waals surface area contributed by atoms with Gasteiger partial charge in [-0.1, -0.05) is 17.7 Å². The second kappa shape index (κ2) is 7.09. The zero-order chi connectivity index (χ0) is 18.1. The molecule has 4 rings (SSSR count). The largest absolute Gasteiger partial charge is 0.352 e. The van der Waals surface area contributed by atoms with Gasteiger partial charge in [-0.3, -0.25) is 9.89 Å². The Labute approximate surface area is 159 Å². The predicted molar refractivity (Wildman–Crippen MR) is 101 cm³/mol. The zero-order valence-electron chi connectivity index (χ0n) is 13.8. The highest BCUT2D eigenvalue weighted by atomic mass is 35.5. The minimum absolute atomic E-state index is 0.208. The number of anilines is 1. The molecule has 1 amide bonds. The molecule has 0 radical (unpaired) electrons. The first-order valence-electron chi connectivity index (χ1n) is 8.20. The zero-order valence-corrected chi connectivity index (χ0v) is 15.4. The van der Waals surface area contributed by atoms with Gasteiger partial charge in [-0.2, -0.15) is 5.10 Å². The number of thiophene rings is 1. The fourth-order valence-electron chi connectivity index (χ4n) is 3.00. The number of carbonyl (C=O) groups is 1. The van der Waals surface area contributed by atoms with Crippen LogP contribution in [0.2, 0.25) is 5.02 Å². The van der Waals surface area contributed by atoms with Crippen molar-refractivity contribution in [2.75, 3.05) is 31.1 Å². The molecule has 0 bridgehead atoms. The summed E-state index contributed by atoms with van der Waals surface area (Å²) in [6.07, 6.45) is 0. The number of nitrogens with zero attached hydrogens (tertiary/aromatic N) is 3. The second-order valence-corrected chi connectivity index (χ2v) is 7.38. The Morgan fingerprint density at radius 3 is 2.73 bits per heavy atom. The molecule has 0 unspecified atom stereocenters. The predicted octanol–water partition coefficient (Wildman–Crippen LogP) is 3.89. The van der Waals surface area contributed by atoms with Crippen LogP contribution in [-0.4, -0.2) is 47.2 Å². The van der Waals surface area contributed by atoms with Crippen LogP contribution in [0.15, 0.2) is 41.8 Å². The molecular formula is C18H16ClFN4OS. The molecule has 0 aliphatic carbocycles. The minimum atomic E-state index is -0.464. The molecule has 1 aromatic carbocycles. The summed E-state index contributed by atoms with van der Waals surface area (Å²) in [4.78, 5) is 17.6. The number of H-pyrrole nitrogens is 1. The third-order valence-electron chi connectivity index (χ3n) is 4.40. The summed E-state index contributed by atoms with van der Waals surface area (Å²) in [7, 11) is 0. The molecule has 3 aromatic rings. The molecule has 0 spiro atoms. The standard InChI is InChI=1S/C18H16ClFN4OS/c19-14-4-3-12(20)10-13(14)18(25)24-7-5-23(6-8-24)17-11-15(21-22-17)16-2-1-9-26-16/h1-4,9-11H,5-8H2,(H,21,22). The van der Waals surface area contributed by atoms with E-state index in [2.05, 4.69) is 15.1 Å². The number of nitrogens with one attached hydrogen (secondary N) is 1. The highest BCUT2D eigenvalue weighted by molar-refractivity contribution is 7.13. The third kappa shape index (κ3) is 3.32.